The minimum Gasteiger partial charge on any atom is -0.377 e. The van der Waals surface area contributed by atoms with E-state index in [1.807, 2.05) is 24.6 Å². The van der Waals surface area contributed by atoms with Crippen molar-refractivity contribution in [3.8, 4) is 0 Å². The minimum atomic E-state index is -0.203. The molecule has 0 amide bonds. The minimum absolute atomic E-state index is 0.203. The molecule has 1 N–H and O–H groups in total. The van der Waals surface area contributed by atoms with Crippen molar-refractivity contribution in [2.24, 2.45) is 0 Å². The third-order valence-corrected chi connectivity index (χ3v) is 2.84. The molecule has 1 heterocycles. The van der Waals surface area contributed by atoms with Gasteiger partial charge in [0.05, 0.1) is 6.54 Å². The van der Waals surface area contributed by atoms with E-state index in [0.717, 1.165) is 11.5 Å². The third kappa shape index (κ3) is 2.50. The van der Waals surface area contributed by atoms with Crippen molar-refractivity contribution in [2.45, 2.75) is 33.4 Å². The lowest BCUT2D eigenvalue weighted by atomic mass is 10.2. The topological polar surface area (TPSA) is 42.7 Å². The lowest BCUT2D eigenvalue weighted by Gasteiger charge is -2.12. The van der Waals surface area contributed by atoms with Crippen molar-refractivity contribution in [3.05, 3.63) is 41.7 Å². The number of nitrogens with zero attached hydrogens (tertiary/aromatic N) is 3. The maximum atomic E-state index is 13.4. The first kappa shape index (κ1) is 12.5. The summed E-state index contributed by atoms with van der Waals surface area (Å²) in [5.41, 5.74) is 1.40. The third-order valence-electron chi connectivity index (χ3n) is 2.84. The molecule has 0 saturated heterocycles. The van der Waals surface area contributed by atoms with Crippen molar-refractivity contribution in [1.29, 1.82) is 0 Å². The number of hydrogen-bond donors (Lipinski definition) is 1. The number of nitrogens with one attached hydrogen (secondary N) is 1. The molecule has 0 aliphatic heterocycles. The Labute approximate surface area is 106 Å². The Balaban J connectivity index is 2.12. The Hall–Kier alpha value is -1.91. The summed E-state index contributed by atoms with van der Waals surface area (Å²) in [6.45, 7) is 6.38. The number of benzene rings is 1. The molecule has 4 nitrogen and oxygen atoms in total. The van der Waals surface area contributed by atoms with Gasteiger partial charge in [0.15, 0.2) is 0 Å². The molecule has 0 atom stereocenters. The molecule has 0 radical (unpaired) electrons. The Morgan fingerprint density at radius 3 is 2.89 bits per heavy atom. The maximum absolute atomic E-state index is 13.4. The second-order valence-electron chi connectivity index (χ2n) is 4.48. The average Bonchev–Trinajstić information content (AvgIpc) is 2.79. The summed E-state index contributed by atoms with van der Waals surface area (Å²) in [6, 6.07) is 5.27. The fourth-order valence-corrected chi connectivity index (χ4v) is 1.81. The second-order valence-corrected chi connectivity index (χ2v) is 4.48. The van der Waals surface area contributed by atoms with Crippen LogP contribution in [-0.2, 0) is 6.54 Å². The maximum Gasteiger partial charge on any atom is 0.146 e. The van der Waals surface area contributed by atoms with Crippen LogP contribution in [0.4, 0.5) is 10.1 Å². The van der Waals surface area contributed by atoms with Gasteiger partial charge in [0.2, 0.25) is 0 Å². The van der Waals surface area contributed by atoms with Crippen molar-refractivity contribution in [3.63, 3.8) is 0 Å². The van der Waals surface area contributed by atoms with Gasteiger partial charge < -0.3 is 5.32 Å². The number of halogens is 1. The summed E-state index contributed by atoms with van der Waals surface area (Å²) in [6.07, 6.45) is 1.54. The molecule has 1 aromatic heterocycles. The summed E-state index contributed by atoms with van der Waals surface area (Å²) in [7, 11) is 0. The molecule has 2 rings (SSSR count). The van der Waals surface area contributed by atoms with Crippen LogP contribution in [-0.4, -0.2) is 14.8 Å². The van der Waals surface area contributed by atoms with Crippen LogP contribution in [0.5, 0.6) is 0 Å². The molecule has 0 saturated carbocycles. The highest BCUT2D eigenvalue weighted by Gasteiger charge is 2.08. The van der Waals surface area contributed by atoms with Crippen LogP contribution in [0.25, 0.3) is 0 Å². The Kier molecular flexibility index (Phi) is 3.60. The van der Waals surface area contributed by atoms with E-state index in [-0.39, 0.29) is 11.9 Å². The van der Waals surface area contributed by atoms with Gasteiger partial charge in [-0.3, -0.25) is 0 Å². The Morgan fingerprint density at radius 2 is 2.17 bits per heavy atom. The van der Waals surface area contributed by atoms with Gasteiger partial charge in [-0.15, -0.1) is 0 Å². The molecule has 2 aromatic rings. The summed E-state index contributed by atoms with van der Waals surface area (Å²) >= 11 is 0. The lowest BCUT2D eigenvalue weighted by Crippen LogP contribution is -2.12. The molecular formula is C13H17FN4. The highest BCUT2D eigenvalue weighted by atomic mass is 19.1. The van der Waals surface area contributed by atoms with Crippen LogP contribution < -0.4 is 5.32 Å². The fourth-order valence-electron chi connectivity index (χ4n) is 1.81. The zero-order chi connectivity index (χ0) is 13.1. The molecule has 0 spiro atoms. The molecule has 1 aromatic carbocycles. The first-order chi connectivity index (χ1) is 8.59. The second kappa shape index (κ2) is 5.16. The van der Waals surface area contributed by atoms with Crippen molar-refractivity contribution in [2.75, 3.05) is 5.32 Å². The quantitative estimate of drug-likeness (QED) is 0.904. The van der Waals surface area contributed by atoms with Gasteiger partial charge in [0.1, 0.15) is 18.0 Å². The monoisotopic (exact) mass is 248 g/mol. The summed E-state index contributed by atoms with van der Waals surface area (Å²) in [4.78, 5) is 4.20. The van der Waals surface area contributed by atoms with Crippen LogP contribution in [0.1, 0.15) is 31.3 Å². The van der Waals surface area contributed by atoms with Gasteiger partial charge in [-0.25, -0.2) is 14.1 Å². The van der Waals surface area contributed by atoms with Gasteiger partial charge >= 0.3 is 0 Å². The smallest absolute Gasteiger partial charge is 0.146 e. The van der Waals surface area contributed by atoms with Gasteiger partial charge in [-0.05, 0) is 32.9 Å². The number of aromatic nitrogens is 3. The van der Waals surface area contributed by atoms with E-state index in [0.29, 0.717) is 12.1 Å². The number of rotatable bonds is 4. The molecule has 0 fully saturated rings. The largest absolute Gasteiger partial charge is 0.377 e. The highest BCUT2D eigenvalue weighted by Crippen LogP contribution is 2.18. The molecular weight excluding hydrogens is 231 g/mol. The first-order valence-electron chi connectivity index (χ1n) is 5.97. The lowest BCUT2D eigenvalue weighted by molar-refractivity contribution is 0.509. The molecule has 96 valence electrons. The molecule has 0 aliphatic carbocycles. The normalized spacial score (nSPS) is 10.9. The Bertz CT molecular complexity index is 534. The van der Waals surface area contributed by atoms with E-state index >= 15 is 0 Å². The van der Waals surface area contributed by atoms with Crippen LogP contribution in [0, 0.1) is 12.7 Å². The number of anilines is 1. The summed E-state index contributed by atoms with van der Waals surface area (Å²) in [5, 5.41) is 7.35. The van der Waals surface area contributed by atoms with Crippen molar-refractivity contribution >= 4 is 5.69 Å². The predicted octanol–water partition coefficient (Wildman–Crippen LogP) is 2.92. The van der Waals surface area contributed by atoms with E-state index in [4.69, 9.17) is 0 Å². The van der Waals surface area contributed by atoms with E-state index < -0.39 is 0 Å². The standard InChI is InChI=1S/C13H17FN4/c1-9(2)18-13(16-8-17-18)7-15-12-6-4-5-11(14)10(12)3/h4-6,8-9,15H,7H2,1-3H3. The zero-order valence-electron chi connectivity index (χ0n) is 10.8. The van der Waals surface area contributed by atoms with Gasteiger partial charge in [0.25, 0.3) is 0 Å². The van der Waals surface area contributed by atoms with Crippen LogP contribution in [0.3, 0.4) is 0 Å². The van der Waals surface area contributed by atoms with E-state index in [2.05, 4.69) is 15.4 Å². The van der Waals surface area contributed by atoms with Crippen molar-refractivity contribution in [1.82, 2.24) is 14.8 Å². The fraction of sp³-hybridized carbons (Fsp3) is 0.385. The molecule has 18 heavy (non-hydrogen) atoms. The average molecular weight is 248 g/mol. The van der Waals surface area contributed by atoms with E-state index in [1.54, 1.807) is 13.0 Å². The van der Waals surface area contributed by atoms with Gasteiger partial charge in [-0.1, -0.05) is 6.07 Å². The van der Waals surface area contributed by atoms with Crippen LogP contribution in [0.2, 0.25) is 0 Å². The van der Waals surface area contributed by atoms with Crippen LogP contribution in [0.15, 0.2) is 24.5 Å². The van der Waals surface area contributed by atoms with E-state index in [1.165, 1.54) is 12.4 Å². The van der Waals surface area contributed by atoms with Crippen LogP contribution >= 0.6 is 0 Å². The van der Waals surface area contributed by atoms with E-state index in [9.17, 15) is 4.39 Å². The zero-order valence-corrected chi connectivity index (χ0v) is 10.8. The SMILES string of the molecule is Cc1c(F)cccc1NCc1ncnn1C(C)C. The first-order valence-corrected chi connectivity index (χ1v) is 5.97. The molecule has 0 unspecified atom stereocenters. The summed E-state index contributed by atoms with van der Waals surface area (Å²) < 4.78 is 15.2. The van der Waals surface area contributed by atoms with Gasteiger partial charge in [-0.2, -0.15) is 5.10 Å². The van der Waals surface area contributed by atoms with Crippen molar-refractivity contribution < 1.29 is 4.39 Å². The number of hydrogen-bond acceptors (Lipinski definition) is 3. The molecule has 5 heteroatoms. The highest BCUT2D eigenvalue weighted by molar-refractivity contribution is 5.50. The predicted molar refractivity (Wildman–Crippen MR) is 68.9 cm³/mol. The van der Waals surface area contributed by atoms with Gasteiger partial charge in [0, 0.05) is 17.3 Å². The summed E-state index contributed by atoms with van der Waals surface area (Å²) in [5.74, 6) is 0.638. The molecule has 0 aliphatic rings. The Morgan fingerprint density at radius 1 is 1.39 bits per heavy atom. The molecule has 0 bridgehead atoms.